The first kappa shape index (κ1) is 35.5. The summed E-state index contributed by atoms with van der Waals surface area (Å²) >= 11 is 0. The minimum Gasteiger partial charge on any atom is -0.491 e. The Bertz CT molecular complexity index is 1890. The van der Waals surface area contributed by atoms with E-state index in [0.29, 0.717) is 23.3 Å². The van der Waals surface area contributed by atoms with Gasteiger partial charge in [0.2, 0.25) is 5.95 Å². The zero-order valence-electron chi connectivity index (χ0n) is 29.5. The van der Waals surface area contributed by atoms with Gasteiger partial charge in [0, 0.05) is 36.2 Å². The number of carbonyl (C=O) groups is 1. The Morgan fingerprint density at radius 3 is 2.52 bits per heavy atom. The molecule has 1 atom stereocenters. The molecule has 270 valence electrons. The SMILES string of the molecule is C[C@H]1CCCCN1c1nnc2ccc(OC3CCC(NC(=O)Nc4cc(C(C)(C)C)nn4-c4cccc(OCCOS(C)(=O)=O)c4)CC3)cn12. The number of pyridine rings is 1. The normalized spacial score (nSPS) is 20.1. The molecule has 0 unspecified atom stereocenters. The first-order chi connectivity index (χ1) is 23.8. The number of anilines is 2. The summed E-state index contributed by atoms with van der Waals surface area (Å²) in [5.41, 5.74) is 2.02. The van der Waals surface area contributed by atoms with Gasteiger partial charge in [0.1, 0.15) is 30.5 Å². The predicted molar refractivity (Wildman–Crippen MR) is 191 cm³/mol. The van der Waals surface area contributed by atoms with E-state index < -0.39 is 10.1 Å². The van der Waals surface area contributed by atoms with Crippen LogP contribution >= 0.6 is 0 Å². The maximum atomic E-state index is 13.3. The number of benzene rings is 1. The molecule has 2 aliphatic rings. The second-order valence-corrected chi connectivity index (χ2v) is 15.9. The Balaban J connectivity index is 1.05. The van der Waals surface area contributed by atoms with Gasteiger partial charge in [-0.15, -0.1) is 10.2 Å². The highest BCUT2D eigenvalue weighted by Gasteiger charge is 2.27. The zero-order chi connectivity index (χ0) is 35.5. The molecule has 1 aromatic carbocycles. The van der Waals surface area contributed by atoms with Crippen molar-refractivity contribution >= 4 is 33.6 Å². The fourth-order valence-electron chi connectivity index (χ4n) is 6.46. The second-order valence-electron chi connectivity index (χ2n) is 14.3. The van der Waals surface area contributed by atoms with E-state index in [1.165, 1.54) is 6.42 Å². The van der Waals surface area contributed by atoms with Crippen molar-refractivity contribution in [2.75, 3.05) is 36.2 Å². The molecule has 50 heavy (non-hydrogen) atoms. The van der Waals surface area contributed by atoms with E-state index in [1.807, 2.05) is 40.9 Å². The van der Waals surface area contributed by atoms with Gasteiger partial charge in [-0.3, -0.25) is 13.9 Å². The van der Waals surface area contributed by atoms with Crippen LogP contribution in [0.3, 0.4) is 0 Å². The number of piperidine rings is 1. The van der Waals surface area contributed by atoms with Crippen molar-refractivity contribution in [1.29, 1.82) is 0 Å². The van der Waals surface area contributed by atoms with Crippen LogP contribution in [0.1, 0.15) is 78.3 Å². The molecule has 2 fully saturated rings. The molecule has 0 radical (unpaired) electrons. The number of rotatable bonds is 11. The van der Waals surface area contributed by atoms with Crippen molar-refractivity contribution in [1.82, 2.24) is 29.7 Å². The molecule has 15 heteroatoms. The fourth-order valence-corrected chi connectivity index (χ4v) is 6.83. The van der Waals surface area contributed by atoms with Crippen LogP contribution < -0.4 is 25.0 Å². The highest BCUT2D eigenvalue weighted by atomic mass is 32.2. The number of hydrogen-bond donors (Lipinski definition) is 2. The van der Waals surface area contributed by atoms with Gasteiger partial charge in [-0.25, -0.2) is 9.48 Å². The number of ether oxygens (including phenoxy) is 2. The molecule has 2 N–H and O–H groups in total. The van der Waals surface area contributed by atoms with Gasteiger partial charge < -0.3 is 19.7 Å². The number of hydrogen-bond acceptors (Lipinski definition) is 10. The van der Waals surface area contributed by atoms with Crippen LogP contribution in [-0.2, 0) is 19.7 Å². The maximum Gasteiger partial charge on any atom is 0.320 e. The van der Waals surface area contributed by atoms with Crippen LogP contribution in [-0.4, -0.2) is 83.0 Å². The van der Waals surface area contributed by atoms with E-state index >= 15 is 0 Å². The van der Waals surface area contributed by atoms with Crippen LogP contribution in [0.2, 0.25) is 0 Å². The molecule has 2 amide bonds. The third-order valence-corrected chi connectivity index (χ3v) is 9.76. The fraction of sp³-hybridized carbons (Fsp3) is 0.543. The van der Waals surface area contributed by atoms with Gasteiger partial charge in [-0.1, -0.05) is 26.8 Å². The number of aromatic nitrogens is 5. The molecule has 1 aliphatic heterocycles. The lowest BCUT2D eigenvalue weighted by Gasteiger charge is -2.33. The number of carbonyl (C=O) groups excluding carboxylic acids is 1. The number of nitrogens with one attached hydrogen (secondary N) is 2. The molecule has 4 heterocycles. The molecule has 3 aromatic heterocycles. The van der Waals surface area contributed by atoms with Crippen molar-refractivity contribution in [3.05, 3.63) is 54.4 Å². The number of nitrogens with zero attached hydrogens (tertiary/aromatic N) is 6. The summed E-state index contributed by atoms with van der Waals surface area (Å²) in [5, 5.41) is 19.8. The smallest absolute Gasteiger partial charge is 0.320 e. The van der Waals surface area contributed by atoms with Crippen molar-refractivity contribution in [2.24, 2.45) is 0 Å². The standard InChI is InChI=1S/C35H48N8O6S/c1-24-9-6-7-18-41(24)34-39-38-31-17-16-29(23-42(31)34)49-27-14-12-25(13-15-27)36-33(44)37-32-22-30(35(2,3)4)40-43(32)26-10-8-11-28(21-26)47-19-20-48-50(5,45)46/h8,10-11,16-17,21-25,27H,6-7,9,12-15,18-20H2,1-5H3,(H2,36,37,44)/t24-,25?,27?/m0/s1. The minimum absolute atomic E-state index is 0.00621. The molecule has 0 spiro atoms. The first-order valence-corrected chi connectivity index (χ1v) is 19.2. The highest BCUT2D eigenvalue weighted by Crippen LogP contribution is 2.30. The van der Waals surface area contributed by atoms with Crippen LogP contribution in [0, 0.1) is 0 Å². The summed E-state index contributed by atoms with van der Waals surface area (Å²) in [6, 6.07) is 13.1. The maximum absolute atomic E-state index is 13.3. The van der Waals surface area contributed by atoms with Crippen molar-refractivity contribution in [2.45, 2.75) is 96.2 Å². The third kappa shape index (κ3) is 8.85. The number of amides is 2. The van der Waals surface area contributed by atoms with Gasteiger partial charge in [0.05, 0.1) is 29.9 Å². The quantitative estimate of drug-likeness (QED) is 0.152. The lowest BCUT2D eigenvalue weighted by atomic mass is 9.92. The number of urea groups is 1. The Kier molecular flexibility index (Phi) is 10.5. The van der Waals surface area contributed by atoms with E-state index in [-0.39, 0.29) is 36.8 Å². The zero-order valence-corrected chi connectivity index (χ0v) is 30.3. The lowest BCUT2D eigenvalue weighted by Crippen LogP contribution is -2.42. The van der Waals surface area contributed by atoms with Crippen LogP contribution in [0.15, 0.2) is 48.7 Å². The molecule has 1 saturated carbocycles. The Morgan fingerprint density at radius 2 is 1.78 bits per heavy atom. The molecule has 0 bridgehead atoms. The minimum atomic E-state index is -3.55. The average molecular weight is 709 g/mol. The summed E-state index contributed by atoms with van der Waals surface area (Å²) < 4.78 is 43.1. The van der Waals surface area contributed by atoms with E-state index in [2.05, 4.69) is 53.4 Å². The second kappa shape index (κ2) is 14.9. The summed E-state index contributed by atoms with van der Waals surface area (Å²) in [7, 11) is -3.55. The van der Waals surface area contributed by atoms with E-state index in [9.17, 15) is 13.2 Å². The highest BCUT2D eigenvalue weighted by molar-refractivity contribution is 7.85. The monoisotopic (exact) mass is 708 g/mol. The summed E-state index contributed by atoms with van der Waals surface area (Å²) in [5.74, 6) is 2.69. The Hall–Kier alpha value is -4.37. The van der Waals surface area contributed by atoms with Crippen molar-refractivity contribution in [3.8, 4) is 17.2 Å². The van der Waals surface area contributed by atoms with Crippen molar-refractivity contribution in [3.63, 3.8) is 0 Å². The van der Waals surface area contributed by atoms with Crippen molar-refractivity contribution < 1.29 is 26.9 Å². The van der Waals surface area contributed by atoms with Gasteiger partial charge >= 0.3 is 6.03 Å². The average Bonchev–Trinajstić information content (AvgIpc) is 3.68. The van der Waals surface area contributed by atoms with Crippen LogP contribution in [0.25, 0.3) is 11.3 Å². The van der Waals surface area contributed by atoms with E-state index in [4.69, 9.17) is 18.8 Å². The molecule has 4 aromatic rings. The number of fused-ring (bicyclic) bond motifs is 1. The summed E-state index contributed by atoms with van der Waals surface area (Å²) in [4.78, 5) is 15.6. The van der Waals surface area contributed by atoms with Crippen LogP contribution in [0.5, 0.6) is 11.5 Å². The van der Waals surface area contributed by atoms with Crippen LogP contribution in [0.4, 0.5) is 16.6 Å². The van der Waals surface area contributed by atoms with E-state index in [0.717, 1.165) is 74.4 Å². The Labute approximate surface area is 293 Å². The van der Waals surface area contributed by atoms with Gasteiger partial charge in [-0.2, -0.15) is 13.5 Å². The topological polar surface area (TPSA) is 154 Å². The molecule has 14 nitrogen and oxygen atoms in total. The largest absolute Gasteiger partial charge is 0.491 e. The lowest BCUT2D eigenvalue weighted by molar-refractivity contribution is 0.140. The molecule has 6 rings (SSSR count). The first-order valence-electron chi connectivity index (χ1n) is 17.4. The van der Waals surface area contributed by atoms with Gasteiger partial charge in [-0.05, 0) is 76.1 Å². The molecule has 1 saturated heterocycles. The van der Waals surface area contributed by atoms with Gasteiger partial charge in [0.15, 0.2) is 5.65 Å². The van der Waals surface area contributed by atoms with E-state index in [1.54, 1.807) is 16.8 Å². The molecular weight excluding hydrogens is 661 g/mol. The summed E-state index contributed by atoms with van der Waals surface area (Å²) in [6.45, 7) is 9.36. The Morgan fingerprint density at radius 1 is 0.980 bits per heavy atom. The predicted octanol–water partition coefficient (Wildman–Crippen LogP) is 5.46. The molecule has 1 aliphatic carbocycles. The van der Waals surface area contributed by atoms with Gasteiger partial charge in [0.25, 0.3) is 10.1 Å². The molecular formula is C35H48N8O6S. The summed E-state index contributed by atoms with van der Waals surface area (Å²) in [6.07, 6.45) is 9.80. The third-order valence-electron chi connectivity index (χ3n) is 9.16.